The van der Waals surface area contributed by atoms with E-state index in [2.05, 4.69) is 9.88 Å². The molecule has 0 radical (unpaired) electrons. The lowest BCUT2D eigenvalue weighted by molar-refractivity contribution is 0.380. The van der Waals surface area contributed by atoms with E-state index in [0.29, 0.717) is 17.9 Å². The van der Waals surface area contributed by atoms with E-state index in [0.717, 1.165) is 11.1 Å². The van der Waals surface area contributed by atoms with Crippen LogP contribution >= 0.6 is 0 Å². The third-order valence-corrected chi connectivity index (χ3v) is 4.61. The fraction of sp³-hybridized carbons (Fsp3) is 0.308. The molecule has 0 saturated carbocycles. The standard InChI is InChI=1S/C13H17N3O3S/c1-9-5-10(2)13(6-11(9)7-14)20(17,18)16-8-12-3-4-15-19-12/h3-6,16H,7-8,14H2,1-2H3. The van der Waals surface area contributed by atoms with Gasteiger partial charge in [0.25, 0.3) is 0 Å². The molecule has 0 aliphatic rings. The molecular formula is C13H17N3O3S. The summed E-state index contributed by atoms with van der Waals surface area (Å²) in [6, 6.07) is 5.05. The van der Waals surface area contributed by atoms with Crippen LogP contribution in [0.3, 0.4) is 0 Å². The number of nitrogens with two attached hydrogens (primary N) is 1. The molecule has 0 aliphatic carbocycles. The van der Waals surface area contributed by atoms with Crippen LogP contribution in [0.15, 0.2) is 33.8 Å². The summed E-state index contributed by atoms with van der Waals surface area (Å²) < 4.78 is 32.0. The molecule has 1 aromatic heterocycles. The van der Waals surface area contributed by atoms with E-state index in [9.17, 15) is 8.42 Å². The minimum absolute atomic E-state index is 0.0631. The summed E-state index contributed by atoms with van der Waals surface area (Å²) in [4.78, 5) is 0.239. The van der Waals surface area contributed by atoms with Crippen molar-refractivity contribution >= 4 is 10.0 Å². The fourth-order valence-electron chi connectivity index (χ4n) is 1.96. The van der Waals surface area contributed by atoms with Crippen molar-refractivity contribution in [2.75, 3.05) is 0 Å². The van der Waals surface area contributed by atoms with Gasteiger partial charge in [-0.2, -0.15) is 0 Å². The molecule has 0 atom stereocenters. The molecular weight excluding hydrogens is 278 g/mol. The molecule has 0 spiro atoms. The normalized spacial score (nSPS) is 11.8. The Hall–Kier alpha value is -1.70. The Kier molecular flexibility index (Phi) is 4.22. The van der Waals surface area contributed by atoms with Crippen molar-refractivity contribution in [3.05, 3.63) is 46.8 Å². The molecule has 0 aliphatic heterocycles. The topological polar surface area (TPSA) is 98.2 Å². The van der Waals surface area contributed by atoms with E-state index in [4.69, 9.17) is 10.3 Å². The second kappa shape index (κ2) is 5.74. The summed E-state index contributed by atoms with van der Waals surface area (Å²) in [6.07, 6.45) is 1.47. The van der Waals surface area contributed by atoms with Gasteiger partial charge in [-0.3, -0.25) is 0 Å². The van der Waals surface area contributed by atoms with Gasteiger partial charge in [-0.05, 0) is 36.6 Å². The maximum absolute atomic E-state index is 12.3. The average Bonchev–Trinajstić information content (AvgIpc) is 2.89. The molecule has 2 aromatic rings. The van der Waals surface area contributed by atoms with Gasteiger partial charge in [0.15, 0.2) is 5.76 Å². The minimum Gasteiger partial charge on any atom is -0.360 e. The van der Waals surface area contributed by atoms with Crippen molar-refractivity contribution in [2.24, 2.45) is 5.73 Å². The maximum atomic E-state index is 12.3. The van der Waals surface area contributed by atoms with Crippen LogP contribution in [-0.2, 0) is 23.1 Å². The van der Waals surface area contributed by atoms with Crippen LogP contribution in [0.2, 0.25) is 0 Å². The predicted molar refractivity (Wildman–Crippen MR) is 74.3 cm³/mol. The summed E-state index contributed by atoms with van der Waals surface area (Å²) in [5, 5.41) is 3.53. The van der Waals surface area contributed by atoms with Crippen molar-refractivity contribution in [3.63, 3.8) is 0 Å². The molecule has 0 amide bonds. The lowest BCUT2D eigenvalue weighted by atomic mass is 10.1. The summed E-state index contributed by atoms with van der Waals surface area (Å²) in [6.45, 7) is 4.04. The Morgan fingerprint density at radius 1 is 1.30 bits per heavy atom. The summed E-state index contributed by atoms with van der Waals surface area (Å²) in [5.74, 6) is 0.456. The monoisotopic (exact) mass is 295 g/mol. The van der Waals surface area contributed by atoms with Gasteiger partial charge in [0.05, 0.1) is 17.6 Å². The second-order valence-corrected chi connectivity index (χ2v) is 6.29. The second-order valence-electron chi connectivity index (χ2n) is 4.55. The number of sulfonamides is 1. The lowest BCUT2D eigenvalue weighted by Gasteiger charge is -2.12. The Morgan fingerprint density at radius 3 is 2.65 bits per heavy atom. The smallest absolute Gasteiger partial charge is 0.241 e. The number of aromatic nitrogens is 1. The van der Waals surface area contributed by atoms with E-state index in [1.54, 1.807) is 19.1 Å². The molecule has 0 saturated heterocycles. The zero-order valence-corrected chi connectivity index (χ0v) is 12.2. The van der Waals surface area contributed by atoms with E-state index < -0.39 is 10.0 Å². The van der Waals surface area contributed by atoms with Gasteiger partial charge in [-0.25, -0.2) is 13.1 Å². The van der Waals surface area contributed by atoms with Gasteiger partial charge in [0.2, 0.25) is 10.0 Å². The van der Waals surface area contributed by atoms with Crippen molar-refractivity contribution in [1.82, 2.24) is 9.88 Å². The molecule has 2 rings (SSSR count). The van der Waals surface area contributed by atoms with Crippen molar-refractivity contribution < 1.29 is 12.9 Å². The highest BCUT2D eigenvalue weighted by Crippen LogP contribution is 2.20. The SMILES string of the molecule is Cc1cc(C)c(S(=O)(=O)NCc2ccno2)cc1CN. The van der Waals surface area contributed by atoms with Crippen molar-refractivity contribution in [2.45, 2.75) is 31.8 Å². The number of rotatable bonds is 5. The highest BCUT2D eigenvalue weighted by Gasteiger charge is 2.18. The highest BCUT2D eigenvalue weighted by molar-refractivity contribution is 7.89. The van der Waals surface area contributed by atoms with Crippen molar-refractivity contribution in [3.8, 4) is 0 Å². The Bertz CT molecular complexity index is 694. The van der Waals surface area contributed by atoms with Gasteiger partial charge in [0.1, 0.15) is 0 Å². The van der Waals surface area contributed by atoms with Gasteiger partial charge >= 0.3 is 0 Å². The van der Waals surface area contributed by atoms with Crippen LogP contribution in [-0.4, -0.2) is 13.6 Å². The predicted octanol–water partition coefficient (Wildman–Crippen LogP) is 1.23. The van der Waals surface area contributed by atoms with Crippen LogP contribution < -0.4 is 10.5 Å². The Labute approximate surface area is 118 Å². The number of benzene rings is 1. The number of nitrogens with one attached hydrogen (secondary N) is 1. The van der Waals surface area contributed by atoms with Gasteiger partial charge in [0, 0.05) is 12.6 Å². The quantitative estimate of drug-likeness (QED) is 0.864. The fourth-order valence-corrected chi connectivity index (χ4v) is 3.23. The van der Waals surface area contributed by atoms with Crippen LogP contribution in [0, 0.1) is 13.8 Å². The first-order valence-corrected chi connectivity index (χ1v) is 7.62. The first-order valence-electron chi connectivity index (χ1n) is 6.13. The molecule has 108 valence electrons. The lowest BCUT2D eigenvalue weighted by Crippen LogP contribution is -2.24. The molecule has 6 nitrogen and oxygen atoms in total. The molecule has 0 bridgehead atoms. The number of hydrogen-bond donors (Lipinski definition) is 2. The van der Waals surface area contributed by atoms with Crippen LogP contribution in [0.25, 0.3) is 0 Å². The van der Waals surface area contributed by atoms with Crippen LogP contribution in [0.4, 0.5) is 0 Å². The number of aryl methyl sites for hydroxylation is 2. The molecule has 1 heterocycles. The van der Waals surface area contributed by atoms with E-state index in [1.165, 1.54) is 6.20 Å². The van der Waals surface area contributed by atoms with E-state index in [-0.39, 0.29) is 11.4 Å². The molecule has 3 N–H and O–H groups in total. The van der Waals surface area contributed by atoms with Crippen molar-refractivity contribution in [1.29, 1.82) is 0 Å². The largest absolute Gasteiger partial charge is 0.360 e. The average molecular weight is 295 g/mol. The third kappa shape index (κ3) is 3.06. The van der Waals surface area contributed by atoms with E-state index in [1.807, 2.05) is 13.0 Å². The first kappa shape index (κ1) is 14.7. The van der Waals surface area contributed by atoms with Gasteiger partial charge in [-0.1, -0.05) is 11.2 Å². The Morgan fingerprint density at radius 2 is 2.05 bits per heavy atom. The maximum Gasteiger partial charge on any atom is 0.241 e. The van der Waals surface area contributed by atoms with Gasteiger partial charge < -0.3 is 10.3 Å². The highest BCUT2D eigenvalue weighted by atomic mass is 32.2. The third-order valence-electron chi connectivity index (χ3n) is 3.07. The zero-order valence-electron chi connectivity index (χ0n) is 11.4. The minimum atomic E-state index is -3.61. The molecule has 7 heteroatoms. The zero-order chi connectivity index (χ0) is 14.8. The first-order chi connectivity index (χ1) is 9.44. The molecule has 20 heavy (non-hydrogen) atoms. The molecule has 0 unspecified atom stereocenters. The van der Waals surface area contributed by atoms with E-state index >= 15 is 0 Å². The van der Waals surface area contributed by atoms with Crippen LogP contribution in [0.5, 0.6) is 0 Å². The summed E-state index contributed by atoms with van der Waals surface area (Å²) in [7, 11) is -3.61. The molecule has 0 fully saturated rings. The summed E-state index contributed by atoms with van der Waals surface area (Å²) >= 11 is 0. The Balaban J connectivity index is 2.29. The molecule has 1 aromatic carbocycles. The number of hydrogen-bond acceptors (Lipinski definition) is 5. The summed E-state index contributed by atoms with van der Waals surface area (Å²) in [5.41, 5.74) is 8.11. The number of nitrogens with zero attached hydrogens (tertiary/aromatic N) is 1. The van der Waals surface area contributed by atoms with Crippen LogP contribution in [0.1, 0.15) is 22.5 Å². The van der Waals surface area contributed by atoms with Gasteiger partial charge in [-0.15, -0.1) is 0 Å².